The fourth-order valence-corrected chi connectivity index (χ4v) is 2.40. The molecule has 1 aromatic carbocycles. The number of rotatable bonds is 2. The first-order valence-electron chi connectivity index (χ1n) is 5.04. The van der Waals surface area contributed by atoms with Gasteiger partial charge in [0.15, 0.2) is 0 Å². The lowest BCUT2D eigenvalue weighted by molar-refractivity contribution is 0.596. The van der Waals surface area contributed by atoms with Crippen molar-refractivity contribution >= 4 is 33.8 Å². The van der Waals surface area contributed by atoms with Gasteiger partial charge in [0, 0.05) is 0 Å². The molecule has 3 aromatic rings. The van der Waals surface area contributed by atoms with E-state index in [1.54, 1.807) is 18.2 Å². The standard InChI is InChI=1S/C10H6ClN5OS/c11-10-14-13-8(18-10)5-16-9(17)6-3-1-2-4-7(6)12-15-16/h1-4H,5H2. The molecule has 2 aromatic heterocycles. The molecule has 8 heteroatoms. The molecule has 0 saturated heterocycles. The van der Waals surface area contributed by atoms with Crippen LogP contribution in [0.25, 0.3) is 10.9 Å². The third kappa shape index (κ3) is 1.98. The number of benzene rings is 1. The van der Waals surface area contributed by atoms with E-state index >= 15 is 0 Å². The lowest BCUT2D eigenvalue weighted by atomic mass is 10.2. The topological polar surface area (TPSA) is 73.6 Å². The van der Waals surface area contributed by atoms with E-state index in [-0.39, 0.29) is 12.1 Å². The Balaban J connectivity index is 2.08. The van der Waals surface area contributed by atoms with E-state index in [0.29, 0.717) is 20.4 Å². The van der Waals surface area contributed by atoms with Gasteiger partial charge >= 0.3 is 0 Å². The van der Waals surface area contributed by atoms with E-state index in [0.717, 1.165) is 0 Å². The van der Waals surface area contributed by atoms with Crippen molar-refractivity contribution in [2.75, 3.05) is 0 Å². The molecular formula is C10H6ClN5OS. The van der Waals surface area contributed by atoms with Crippen molar-refractivity contribution in [1.82, 2.24) is 25.2 Å². The van der Waals surface area contributed by atoms with E-state index in [9.17, 15) is 4.79 Å². The summed E-state index contributed by atoms with van der Waals surface area (Å²) in [5.41, 5.74) is 0.376. The molecule has 0 radical (unpaired) electrons. The number of aromatic nitrogens is 5. The van der Waals surface area contributed by atoms with Gasteiger partial charge in [-0.15, -0.1) is 15.3 Å². The van der Waals surface area contributed by atoms with Crippen molar-refractivity contribution in [3.05, 3.63) is 44.1 Å². The van der Waals surface area contributed by atoms with E-state index in [1.807, 2.05) is 6.07 Å². The van der Waals surface area contributed by atoms with Crippen molar-refractivity contribution in [3.63, 3.8) is 0 Å². The molecule has 0 atom stereocenters. The minimum atomic E-state index is -0.202. The van der Waals surface area contributed by atoms with Crippen LogP contribution in [0.4, 0.5) is 0 Å². The zero-order valence-corrected chi connectivity index (χ0v) is 10.5. The molecule has 2 heterocycles. The molecule has 18 heavy (non-hydrogen) atoms. The Bertz CT molecular complexity index is 768. The van der Waals surface area contributed by atoms with E-state index in [4.69, 9.17) is 11.6 Å². The number of fused-ring (bicyclic) bond motifs is 1. The van der Waals surface area contributed by atoms with Crippen LogP contribution in [0, 0.1) is 0 Å². The third-order valence-corrected chi connectivity index (χ3v) is 3.36. The van der Waals surface area contributed by atoms with Crippen LogP contribution in [0.1, 0.15) is 5.01 Å². The smallest absolute Gasteiger partial charge is 0.267 e. The fraction of sp³-hybridized carbons (Fsp3) is 0.100. The van der Waals surface area contributed by atoms with Crippen LogP contribution in [0.2, 0.25) is 4.47 Å². The van der Waals surface area contributed by atoms with Gasteiger partial charge in [0.25, 0.3) is 5.56 Å². The predicted octanol–water partition coefficient (Wildman–Crippen LogP) is 1.34. The highest BCUT2D eigenvalue weighted by Gasteiger charge is 2.08. The summed E-state index contributed by atoms with van der Waals surface area (Å²) in [5.74, 6) is 0. The zero-order chi connectivity index (χ0) is 12.5. The van der Waals surface area contributed by atoms with E-state index in [1.165, 1.54) is 16.0 Å². The normalized spacial score (nSPS) is 10.9. The first-order valence-corrected chi connectivity index (χ1v) is 6.24. The third-order valence-electron chi connectivity index (χ3n) is 2.36. The average molecular weight is 280 g/mol. The number of halogens is 1. The second-order valence-corrected chi connectivity index (χ2v) is 5.16. The Hall–Kier alpha value is -1.86. The molecule has 0 amide bonds. The molecule has 90 valence electrons. The fourth-order valence-electron chi connectivity index (χ4n) is 1.55. The van der Waals surface area contributed by atoms with Gasteiger partial charge < -0.3 is 0 Å². The van der Waals surface area contributed by atoms with Gasteiger partial charge in [0.2, 0.25) is 4.47 Å². The van der Waals surface area contributed by atoms with Crippen molar-refractivity contribution in [2.45, 2.75) is 6.54 Å². The summed E-state index contributed by atoms with van der Waals surface area (Å²) in [6, 6.07) is 7.06. The van der Waals surface area contributed by atoms with E-state index < -0.39 is 0 Å². The van der Waals surface area contributed by atoms with Gasteiger partial charge in [-0.25, -0.2) is 4.68 Å². The Morgan fingerprint density at radius 2 is 2.06 bits per heavy atom. The quantitative estimate of drug-likeness (QED) is 0.708. The lowest BCUT2D eigenvalue weighted by Crippen LogP contribution is -2.24. The van der Waals surface area contributed by atoms with E-state index in [2.05, 4.69) is 20.5 Å². The second kappa shape index (κ2) is 4.43. The van der Waals surface area contributed by atoms with Gasteiger partial charge in [0.1, 0.15) is 17.1 Å². The Morgan fingerprint density at radius 1 is 1.22 bits per heavy atom. The van der Waals surface area contributed by atoms with Crippen LogP contribution < -0.4 is 5.56 Å². The minimum absolute atomic E-state index is 0.202. The van der Waals surface area contributed by atoms with Crippen LogP contribution in [0.15, 0.2) is 29.1 Å². The summed E-state index contributed by atoms with van der Waals surface area (Å²) in [5, 5.41) is 16.5. The minimum Gasteiger partial charge on any atom is -0.267 e. The molecule has 0 spiro atoms. The maximum Gasteiger partial charge on any atom is 0.278 e. The summed E-state index contributed by atoms with van der Waals surface area (Å²) in [4.78, 5) is 12.1. The van der Waals surface area contributed by atoms with Gasteiger partial charge in [-0.3, -0.25) is 4.79 Å². The number of hydrogen-bond donors (Lipinski definition) is 0. The monoisotopic (exact) mass is 279 g/mol. The summed E-state index contributed by atoms with van der Waals surface area (Å²) in [6.07, 6.45) is 0. The van der Waals surface area contributed by atoms with Crippen molar-refractivity contribution in [1.29, 1.82) is 0 Å². The highest BCUT2D eigenvalue weighted by atomic mass is 35.5. The largest absolute Gasteiger partial charge is 0.278 e. The van der Waals surface area contributed by atoms with Crippen LogP contribution in [0.5, 0.6) is 0 Å². The molecule has 0 unspecified atom stereocenters. The summed E-state index contributed by atoms with van der Waals surface area (Å²) in [7, 11) is 0. The molecule has 3 rings (SSSR count). The molecule has 6 nitrogen and oxygen atoms in total. The predicted molar refractivity (Wildman–Crippen MR) is 67.8 cm³/mol. The summed E-state index contributed by atoms with van der Waals surface area (Å²) >= 11 is 6.90. The molecular weight excluding hydrogens is 274 g/mol. The Labute approximate surface area is 110 Å². The lowest BCUT2D eigenvalue weighted by Gasteiger charge is -2.01. The van der Waals surface area contributed by atoms with Crippen LogP contribution in [-0.4, -0.2) is 25.2 Å². The zero-order valence-electron chi connectivity index (χ0n) is 8.95. The molecule has 0 aliphatic heterocycles. The van der Waals surface area contributed by atoms with Crippen molar-refractivity contribution in [3.8, 4) is 0 Å². The Morgan fingerprint density at radius 3 is 2.83 bits per heavy atom. The van der Waals surface area contributed by atoms with Gasteiger partial charge in [-0.2, -0.15) is 0 Å². The Kier molecular flexibility index (Phi) is 2.77. The highest BCUT2D eigenvalue weighted by Crippen LogP contribution is 2.15. The summed E-state index contributed by atoms with van der Waals surface area (Å²) in [6.45, 7) is 0.223. The maximum absolute atomic E-state index is 12.1. The van der Waals surface area contributed by atoms with Crippen molar-refractivity contribution in [2.24, 2.45) is 0 Å². The molecule has 0 aliphatic carbocycles. The van der Waals surface area contributed by atoms with Crippen LogP contribution >= 0.6 is 22.9 Å². The first kappa shape index (κ1) is 11.2. The van der Waals surface area contributed by atoms with Gasteiger partial charge in [0.05, 0.1) is 5.39 Å². The number of nitrogens with zero attached hydrogens (tertiary/aromatic N) is 5. The van der Waals surface area contributed by atoms with Crippen LogP contribution in [-0.2, 0) is 6.54 Å². The molecule has 0 N–H and O–H groups in total. The highest BCUT2D eigenvalue weighted by molar-refractivity contribution is 7.15. The maximum atomic E-state index is 12.1. The molecule has 0 fully saturated rings. The molecule has 0 saturated carbocycles. The first-order chi connectivity index (χ1) is 8.74. The SMILES string of the molecule is O=c1c2ccccc2nnn1Cc1nnc(Cl)s1. The summed E-state index contributed by atoms with van der Waals surface area (Å²) < 4.78 is 1.59. The molecule has 0 aliphatic rings. The molecule has 0 bridgehead atoms. The average Bonchev–Trinajstić information content (AvgIpc) is 2.79. The second-order valence-electron chi connectivity index (χ2n) is 3.52. The number of hydrogen-bond acceptors (Lipinski definition) is 6. The van der Waals surface area contributed by atoms with Crippen LogP contribution in [0.3, 0.4) is 0 Å². The van der Waals surface area contributed by atoms with Gasteiger partial charge in [-0.1, -0.05) is 28.7 Å². The van der Waals surface area contributed by atoms with Gasteiger partial charge in [-0.05, 0) is 23.7 Å². The van der Waals surface area contributed by atoms with Crippen molar-refractivity contribution < 1.29 is 0 Å².